The summed E-state index contributed by atoms with van der Waals surface area (Å²) in [6, 6.07) is 19.3. The van der Waals surface area contributed by atoms with Gasteiger partial charge in [-0.1, -0.05) is 61.4 Å². The number of nitrogens with zero attached hydrogens (tertiary/aromatic N) is 1. The fourth-order valence-electron chi connectivity index (χ4n) is 3.59. The second-order valence-electron chi connectivity index (χ2n) is 6.58. The van der Waals surface area contributed by atoms with Gasteiger partial charge >= 0.3 is 5.97 Å². The third-order valence-corrected chi connectivity index (χ3v) is 4.92. The fraction of sp³-hybridized carbons (Fsp3) is 0.333. The third-order valence-electron chi connectivity index (χ3n) is 4.92. The second-order valence-corrected chi connectivity index (χ2v) is 6.58. The van der Waals surface area contributed by atoms with E-state index in [4.69, 9.17) is 0 Å². The third kappa shape index (κ3) is 4.08. The van der Waals surface area contributed by atoms with Crippen LogP contribution in [0.2, 0.25) is 0 Å². The van der Waals surface area contributed by atoms with Gasteiger partial charge in [-0.3, -0.25) is 9.59 Å². The van der Waals surface area contributed by atoms with Crippen molar-refractivity contribution in [2.45, 2.75) is 32.2 Å². The lowest BCUT2D eigenvalue weighted by molar-refractivity contribution is -0.148. The predicted molar refractivity (Wildman–Crippen MR) is 97.2 cm³/mol. The zero-order valence-corrected chi connectivity index (χ0v) is 14.2. The van der Waals surface area contributed by atoms with Crippen LogP contribution in [0.5, 0.6) is 0 Å². The van der Waals surface area contributed by atoms with Crippen LogP contribution in [0.3, 0.4) is 0 Å². The molecule has 1 aliphatic carbocycles. The molecule has 1 N–H and O–H groups in total. The number of rotatable bonds is 5. The molecule has 130 valence electrons. The van der Waals surface area contributed by atoms with Crippen LogP contribution in [0.25, 0.3) is 0 Å². The maximum Gasteiger partial charge on any atom is 0.307 e. The number of carbonyl (C=O) groups excluding carboxylic acids is 1. The number of aliphatic carboxylic acids is 1. The van der Waals surface area contributed by atoms with Gasteiger partial charge in [0.1, 0.15) is 0 Å². The summed E-state index contributed by atoms with van der Waals surface area (Å²) < 4.78 is 0. The first-order valence-electron chi connectivity index (χ1n) is 8.80. The molecule has 1 saturated carbocycles. The van der Waals surface area contributed by atoms with Crippen LogP contribution in [0.15, 0.2) is 60.7 Å². The maximum absolute atomic E-state index is 13.3. The summed E-state index contributed by atoms with van der Waals surface area (Å²) in [4.78, 5) is 26.6. The maximum atomic E-state index is 13.3. The molecule has 1 amide bonds. The van der Waals surface area contributed by atoms with E-state index in [0.717, 1.165) is 24.1 Å². The van der Waals surface area contributed by atoms with E-state index in [0.29, 0.717) is 19.4 Å². The zero-order valence-electron chi connectivity index (χ0n) is 14.2. The van der Waals surface area contributed by atoms with Crippen LogP contribution >= 0.6 is 0 Å². The molecule has 3 rings (SSSR count). The first-order valence-corrected chi connectivity index (χ1v) is 8.80. The van der Waals surface area contributed by atoms with Gasteiger partial charge in [0.05, 0.1) is 18.4 Å². The van der Waals surface area contributed by atoms with E-state index in [-0.39, 0.29) is 5.91 Å². The Kier molecular flexibility index (Phi) is 5.49. The molecule has 0 heterocycles. The van der Waals surface area contributed by atoms with Crippen molar-refractivity contribution in [1.29, 1.82) is 0 Å². The predicted octanol–water partition coefficient (Wildman–Crippen LogP) is 4.11. The standard InChI is InChI=1S/C21H23NO3/c23-20(18-13-7-8-14-19(18)21(24)25)22(17-11-5-2-6-12-17)15-16-9-3-1-4-10-16/h1-6,9-12,18-19H,7-8,13-15H2,(H,24,25). The number of hydrogen-bond acceptors (Lipinski definition) is 2. The summed E-state index contributed by atoms with van der Waals surface area (Å²) in [7, 11) is 0. The van der Waals surface area contributed by atoms with E-state index in [1.807, 2.05) is 60.7 Å². The van der Waals surface area contributed by atoms with Gasteiger partial charge in [0.2, 0.25) is 5.91 Å². The lowest BCUT2D eigenvalue weighted by atomic mass is 9.78. The van der Waals surface area contributed by atoms with Gasteiger partial charge in [-0.2, -0.15) is 0 Å². The Hall–Kier alpha value is -2.62. The van der Waals surface area contributed by atoms with Crippen molar-refractivity contribution >= 4 is 17.6 Å². The first kappa shape index (κ1) is 17.2. The number of amides is 1. The van der Waals surface area contributed by atoms with E-state index in [1.54, 1.807) is 4.90 Å². The minimum Gasteiger partial charge on any atom is -0.481 e. The Balaban J connectivity index is 1.90. The highest BCUT2D eigenvalue weighted by atomic mass is 16.4. The molecular weight excluding hydrogens is 314 g/mol. The molecule has 2 unspecified atom stereocenters. The molecular formula is C21H23NO3. The lowest BCUT2D eigenvalue weighted by Gasteiger charge is -2.33. The topological polar surface area (TPSA) is 57.6 Å². The van der Waals surface area contributed by atoms with Crippen molar-refractivity contribution in [2.24, 2.45) is 11.8 Å². The second kappa shape index (κ2) is 7.97. The highest BCUT2D eigenvalue weighted by Crippen LogP contribution is 2.33. The molecule has 2 aromatic carbocycles. The summed E-state index contributed by atoms with van der Waals surface area (Å²) in [5, 5.41) is 9.53. The number of carboxylic acids is 1. The average Bonchev–Trinajstić information content (AvgIpc) is 2.67. The minimum atomic E-state index is -0.856. The van der Waals surface area contributed by atoms with Crippen molar-refractivity contribution in [3.63, 3.8) is 0 Å². The molecule has 4 heteroatoms. The fourth-order valence-corrected chi connectivity index (χ4v) is 3.59. The molecule has 0 spiro atoms. The SMILES string of the molecule is O=C(O)C1CCCCC1C(=O)N(Cc1ccccc1)c1ccccc1. The number of anilines is 1. The summed E-state index contributed by atoms with van der Waals surface area (Å²) in [5.74, 6) is -1.97. The van der Waals surface area contributed by atoms with Crippen molar-refractivity contribution in [3.8, 4) is 0 Å². The van der Waals surface area contributed by atoms with E-state index >= 15 is 0 Å². The molecule has 0 radical (unpaired) electrons. The van der Waals surface area contributed by atoms with Gasteiger partial charge in [-0.05, 0) is 30.5 Å². The van der Waals surface area contributed by atoms with E-state index in [9.17, 15) is 14.7 Å². The monoisotopic (exact) mass is 337 g/mol. The van der Waals surface area contributed by atoms with Crippen molar-refractivity contribution in [2.75, 3.05) is 4.90 Å². The Bertz CT molecular complexity index is 714. The molecule has 4 nitrogen and oxygen atoms in total. The number of carboxylic acid groups (broad SMARTS) is 1. The molecule has 0 aromatic heterocycles. The van der Waals surface area contributed by atoms with Crippen LogP contribution in [0.1, 0.15) is 31.2 Å². The van der Waals surface area contributed by atoms with Gasteiger partial charge in [0, 0.05) is 5.69 Å². The van der Waals surface area contributed by atoms with E-state index in [2.05, 4.69) is 0 Å². The van der Waals surface area contributed by atoms with Crippen molar-refractivity contribution in [1.82, 2.24) is 0 Å². The van der Waals surface area contributed by atoms with Crippen LogP contribution < -0.4 is 4.90 Å². The van der Waals surface area contributed by atoms with Crippen LogP contribution in [-0.4, -0.2) is 17.0 Å². The highest BCUT2D eigenvalue weighted by Gasteiger charge is 2.38. The smallest absolute Gasteiger partial charge is 0.307 e. The van der Waals surface area contributed by atoms with Crippen LogP contribution in [0, 0.1) is 11.8 Å². The molecule has 2 atom stereocenters. The quantitative estimate of drug-likeness (QED) is 0.893. The molecule has 0 aliphatic heterocycles. The Labute approximate surface area is 148 Å². The number of carbonyl (C=O) groups is 2. The first-order chi connectivity index (χ1) is 12.2. The molecule has 0 saturated heterocycles. The van der Waals surface area contributed by atoms with Crippen LogP contribution in [-0.2, 0) is 16.1 Å². The molecule has 1 aliphatic rings. The minimum absolute atomic E-state index is 0.0813. The lowest BCUT2D eigenvalue weighted by Crippen LogP contribution is -2.42. The highest BCUT2D eigenvalue weighted by molar-refractivity contribution is 5.97. The van der Waals surface area contributed by atoms with Gasteiger partial charge in [0.25, 0.3) is 0 Å². The summed E-state index contributed by atoms with van der Waals surface area (Å²) >= 11 is 0. The molecule has 25 heavy (non-hydrogen) atoms. The number of hydrogen-bond donors (Lipinski definition) is 1. The molecule has 0 bridgehead atoms. The van der Waals surface area contributed by atoms with Gasteiger partial charge in [-0.25, -0.2) is 0 Å². The normalized spacial score (nSPS) is 20.0. The van der Waals surface area contributed by atoms with Gasteiger partial charge in [-0.15, -0.1) is 0 Å². The Morgan fingerprint density at radius 3 is 2.04 bits per heavy atom. The summed E-state index contributed by atoms with van der Waals surface area (Å²) in [6.45, 7) is 0.451. The van der Waals surface area contributed by atoms with Crippen molar-refractivity contribution in [3.05, 3.63) is 66.2 Å². The Morgan fingerprint density at radius 1 is 0.880 bits per heavy atom. The van der Waals surface area contributed by atoms with Crippen molar-refractivity contribution < 1.29 is 14.7 Å². The molecule has 2 aromatic rings. The number of para-hydroxylation sites is 1. The largest absolute Gasteiger partial charge is 0.481 e. The van der Waals surface area contributed by atoms with E-state index < -0.39 is 17.8 Å². The number of benzene rings is 2. The summed E-state index contributed by atoms with van der Waals surface area (Å²) in [6.07, 6.45) is 3.02. The van der Waals surface area contributed by atoms with E-state index in [1.165, 1.54) is 0 Å². The Morgan fingerprint density at radius 2 is 1.44 bits per heavy atom. The average molecular weight is 337 g/mol. The van der Waals surface area contributed by atoms with Gasteiger partial charge in [0.15, 0.2) is 0 Å². The van der Waals surface area contributed by atoms with Crippen LogP contribution in [0.4, 0.5) is 5.69 Å². The van der Waals surface area contributed by atoms with Gasteiger partial charge < -0.3 is 10.0 Å². The zero-order chi connectivity index (χ0) is 17.6. The summed E-state index contributed by atoms with van der Waals surface area (Å²) in [5.41, 5.74) is 1.84. The molecule has 1 fully saturated rings.